The highest BCUT2D eigenvalue weighted by atomic mass is 16.9. The van der Waals surface area contributed by atoms with Crippen molar-refractivity contribution in [3.63, 3.8) is 0 Å². The van der Waals surface area contributed by atoms with E-state index in [2.05, 4.69) is 21.6 Å². The van der Waals surface area contributed by atoms with E-state index in [1.54, 1.807) is 6.08 Å². The molecule has 0 aromatic carbocycles. The van der Waals surface area contributed by atoms with Gasteiger partial charge < -0.3 is 16.1 Å². The highest BCUT2D eigenvalue weighted by molar-refractivity contribution is 4.67. The molecule has 0 bridgehead atoms. The molecule has 0 spiro atoms. The van der Waals surface area contributed by atoms with Gasteiger partial charge in [0, 0.05) is 6.54 Å². The molecule has 0 aliphatic rings. The van der Waals surface area contributed by atoms with E-state index >= 15 is 0 Å². The van der Waals surface area contributed by atoms with Crippen LogP contribution in [0, 0.1) is 10.4 Å². The third kappa shape index (κ3) is 8.04. The highest BCUT2D eigenvalue weighted by Crippen LogP contribution is 1.91. The Kier molecular flexibility index (Phi) is 8.62. The van der Waals surface area contributed by atoms with Gasteiger partial charge in [-0.3, -0.25) is 15.0 Å². The molecule has 0 aliphatic heterocycles. The minimum atomic E-state index is -0.590. The Hall–Kier alpha value is -0.580. The maximum absolute atomic E-state index is 10.8. The van der Waals surface area contributed by atoms with Crippen molar-refractivity contribution in [1.82, 2.24) is 15.8 Å². The second-order valence-corrected chi connectivity index (χ2v) is 2.12. The van der Waals surface area contributed by atoms with Gasteiger partial charge in [0.05, 0.1) is 6.67 Å². The van der Waals surface area contributed by atoms with Crippen molar-refractivity contribution in [1.29, 1.82) is 0 Å². The molecular weight excluding hydrogens is 192 g/mol. The van der Waals surface area contributed by atoms with Crippen molar-refractivity contribution < 1.29 is 9.68 Å². The van der Waals surface area contributed by atoms with Crippen LogP contribution in [0.15, 0.2) is 12.7 Å². The van der Waals surface area contributed by atoms with E-state index in [0.29, 0.717) is 6.54 Å². The fourth-order valence-electron chi connectivity index (χ4n) is 0.538. The predicted octanol–water partition coefficient (Wildman–Crippen LogP) is -0.944. The summed E-state index contributed by atoms with van der Waals surface area (Å²) in [6.45, 7) is 3.07. The Labute approximate surface area is 81.9 Å². The first kappa shape index (κ1) is 13.4. The second kappa shape index (κ2) is 8.99. The maximum Gasteiger partial charge on any atom is 0.118 e. The van der Waals surface area contributed by atoms with Gasteiger partial charge in [0.2, 0.25) is 0 Å². The smallest absolute Gasteiger partial charge is 0.118 e. The number of hydrogen-bond donors (Lipinski definition) is 2. The summed E-state index contributed by atoms with van der Waals surface area (Å²) in [6.07, 6.45) is 1.61. The van der Waals surface area contributed by atoms with Gasteiger partial charge in [0.1, 0.15) is 13.5 Å². The number of hydroxylamine groups is 4. The Morgan fingerprint density at radius 1 is 1.36 bits per heavy atom. The fraction of sp³-hybridized carbons (Fsp3) is 0.667. The third-order valence-corrected chi connectivity index (χ3v) is 1.05. The van der Waals surface area contributed by atoms with Crippen LogP contribution in [0.2, 0.25) is 0 Å². The molecule has 0 atom stereocenters. The Morgan fingerprint density at radius 2 is 2.00 bits per heavy atom. The largest absolute Gasteiger partial charge is 0.761 e. The van der Waals surface area contributed by atoms with Crippen LogP contribution in [0.4, 0.5) is 0 Å². The highest BCUT2D eigenvalue weighted by Gasteiger charge is 1.93. The van der Waals surface area contributed by atoms with Crippen molar-refractivity contribution in [2.75, 3.05) is 26.7 Å². The van der Waals surface area contributed by atoms with Gasteiger partial charge in [-0.25, -0.2) is 10.5 Å². The number of hydrogen-bond acceptors (Lipinski definition) is 8. The van der Waals surface area contributed by atoms with E-state index in [1.165, 1.54) is 0 Å². The minimum Gasteiger partial charge on any atom is -0.761 e. The Balaban J connectivity index is 3.34. The van der Waals surface area contributed by atoms with Crippen molar-refractivity contribution in [3.05, 3.63) is 23.1 Å². The molecule has 8 nitrogen and oxygen atoms in total. The van der Waals surface area contributed by atoms with Gasteiger partial charge in [-0.2, -0.15) is 0 Å². The molecule has 0 aromatic heterocycles. The lowest BCUT2D eigenvalue weighted by Gasteiger charge is -2.35. The van der Waals surface area contributed by atoms with Crippen LogP contribution in [-0.2, 0) is 9.68 Å². The number of nitrogens with two attached hydrogens (primary N) is 1. The molecule has 0 unspecified atom stereocenters. The first-order valence-electron chi connectivity index (χ1n) is 3.87. The average molecular weight is 206 g/mol. The van der Waals surface area contributed by atoms with Crippen molar-refractivity contribution in [3.8, 4) is 0 Å². The summed E-state index contributed by atoms with van der Waals surface area (Å²) in [7, 11) is 0. The van der Waals surface area contributed by atoms with Gasteiger partial charge in [0.15, 0.2) is 0 Å². The zero-order valence-corrected chi connectivity index (χ0v) is 7.72. The van der Waals surface area contributed by atoms with E-state index < -0.39 is 6.67 Å². The van der Waals surface area contributed by atoms with E-state index in [4.69, 9.17) is 5.73 Å². The van der Waals surface area contributed by atoms with Crippen LogP contribution in [0.25, 0.3) is 0 Å². The van der Waals surface area contributed by atoms with Crippen molar-refractivity contribution in [2.45, 2.75) is 0 Å². The lowest BCUT2D eigenvalue weighted by atomic mass is 10.6. The van der Waals surface area contributed by atoms with Gasteiger partial charge >= 0.3 is 0 Å². The molecule has 0 amide bonds. The summed E-state index contributed by atoms with van der Waals surface area (Å²) in [4.78, 5) is 8.75. The molecule has 3 N–H and O–H groups in total. The molecular formula is C6H14N4O4-2. The van der Waals surface area contributed by atoms with Crippen LogP contribution < -0.4 is 11.1 Å². The molecule has 0 aliphatic carbocycles. The molecule has 0 saturated heterocycles. The van der Waals surface area contributed by atoms with Crippen LogP contribution in [-0.4, -0.2) is 37.1 Å². The first-order valence-corrected chi connectivity index (χ1v) is 3.87. The molecule has 0 radical (unpaired) electrons. The first-order chi connectivity index (χ1) is 6.70. The standard InChI is InChI=1S/C6H14N4O4/c1-2-3-8-5-14-10(12)6-9(11)13-4-7/h2,8H,1,3-7H2/q-2. The summed E-state index contributed by atoms with van der Waals surface area (Å²) in [5.74, 6) is 0. The molecule has 0 saturated carbocycles. The van der Waals surface area contributed by atoms with E-state index in [-0.39, 0.29) is 23.9 Å². The van der Waals surface area contributed by atoms with E-state index in [9.17, 15) is 10.4 Å². The molecule has 84 valence electrons. The lowest BCUT2D eigenvalue weighted by molar-refractivity contribution is -0.216. The van der Waals surface area contributed by atoms with Gasteiger partial charge in [-0.1, -0.05) is 6.08 Å². The summed E-state index contributed by atoms with van der Waals surface area (Å²) < 4.78 is 0. The zero-order chi connectivity index (χ0) is 10.8. The number of nitrogens with zero attached hydrogens (tertiary/aromatic N) is 2. The minimum absolute atomic E-state index is 0.00795. The summed E-state index contributed by atoms with van der Waals surface area (Å²) in [5, 5.41) is 24.2. The lowest BCUT2D eigenvalue weighted by Crippen LogP contribution is -2.34. The van der Waals surface area contributed by atoms with E-state index in [1.807, 2.05) is 0 Å². The molecule has 8 heteroatoms. The fourth-order valence-corrected chi connectivity index (χ4v) is 0.538. The van der Waals surface area contributed by atoms with Crippen LogP contribution >= 0.6 is 0 Å². The van der Waals surface area contributed by atoms with Gasteiger partial charge in [0.25, 0.3) is 0 Å². The second-order valence-electron chi connectivity index (χ2n) is 2.12. The predicted molar refractivity (Wildman–Crippen MR) is 49.6 cm³/mol. The molecule has 0 fully saturated rings. The topological polar surface area (TPSA) is 109 Å². The average Bonchev–Trinajstić information content (AvgIpc) is 2.13. The molecule has 0 rings (SSSR count). The SMILES string of the molecule is C=CCNCON([O-])CN([O-])OCN. The Bertz CT molecular complexity index is 148. The third-order valence-electron chi connectivity index (χ3n) is 1.05. The summed E-state index contributed by atoms with van der Waals surface area (Å²) in [5.41, 5.74) is 4.90. The Morgan fingerprint density at radius 3 is 2.57 bits per heavy atom. The zero-order valence-electron chi connectivity index (χ0n) is 7.72. The normalized spacial score (nSPS) is 11.2. The van der Waals surface area contributed by atoms with Crippen molar-refractivity contribution in [2.24, 2.45) is 5.73 Å². The van der Waals surface area contributed by atoms with Crippen LogP contribution in [0.3, 0.4) is 0 Å². The maximum atomic E-state index is 10.8. The molecule has 14 heavy (non-hydrogen) atoms. The quantitative estimate of drug-likeness (QED) is 0.215. The van der Waals surface area contributed by atoms with Crippen LogP contribution in [0.1, 0.15) is 0 Å². The van der Waals surface area contributed by atoms with Gasteiger partial charge in [-0.15, -0.1) is 6.58 Å². The van der Waals surface area contributed by atoms with Crippen molar-refractivity contribution >= 4 is 0 Å². The van der Waals surface area contributed by atoms with Gasteiger partial charge in [-0.05, 0) is 0 Å². The van der Waals surface area contributed by atoms with E-state index in [0.717, 1.165) is 0 Å². The number of rotatable bonds is 9. The summed E-state index contributed by atoms with van der Waals surface area (Å²) in [6, 6.07) is 0. The molecule has 0 heterocycles. The number of nitrogens with one attached hydrogen (secondary N) is 1. The molecule has 0 aromatic rings. The van der Waals surface area contributed by atoms with Crippen LogP contribution in [0.5, 0.6) is 0 Å². The summed E-state index contributed by atoms with van der Waals surface area (Å²) >= 11 is 0. The monoisotopic (exact) mass is 206 g/mol.